The van der Waals surface area contributed by atoms with Gasteiger partial charge in [-0.05, 0) is 24.1 Å². The molecule has 0 amide bonds. The van der Waals surface area contributed by atoms with E-state index in [2.05, 4.69) is 16.6 Å². The Morgan fingerprint density at radius 1 is 1.42 bits per heavy atom. The van der Waals surface area contributed by atoms with Crippen LogP contribution >= 0.6 is 0 Å². The lowest BCUT2D eigenvalue weighted by Crippen LogP contribution is -2.00. The summed E-state index contributed by atoms with van der Waals surface area (Å²) in [5, 5.41) is 0. The van der Waals surface area contributed by atoms with Crippen molar-refractivity contribution >= 4 is 12.1 Å². The summed E-state index contributed by atoms with van der Waals surface area (Å²) in [7, 11) is 1.70. The summed E-state index contributed by atoms with van der Waals surface area (Å²) >= 11 is 0. The van der Waals surface area contributed by atoms with Crippen LogP contribution in [0, 0.1) is 0 Å². The third-order valence-electron chi connectivity index (χ3n) is 1.55. The lowest BCUT2D eigenvalue weighted by atomic mass is 10.0. The Hall–Kier alpha value is -1.44. The number of allylic oxidation sites excluding steroid dienone is 5. The molecule has 0 aromatic heterocycles. The van der Waals surface area contributed by atoms with Crippen molar-refractivity contribution in [1.82, 2.24) is 0 Å². The van der Waals surface area contributed by atoms with E-state index in [1.807, 2.05) is 25.2 Å². The van der Waals surface area contributed by atoms with Crippen LogP contribution in [-0.2, 0) is 0 Å². The maximum Gasteiger partial charge on any atom is 0.110 e. The van der Waals surface area contributed by atoms with Crippen molar-refractivity contribution in [2.45, 2.75) is 6.92 Å². The molecule has 1 aliphatic rings. The number of hydrogen-bond acceptors (Lipinski definition) is 1. The number of aliphatic imine (C=N–C) groups is 2. The maximum absolute atomic E-state index is 4.13. The molecule has 0 saturated carbocycles. The summed E-state index contributed by atoms with van der Waals surface area (Å²) < 4.78 is 0. The largest absolute Gasteiger partial charge is 0.277 e. The molecule has 0 saturated heterocycles. The van der Waals surface area contributed by atoms with Gasteiger partial charge in [-0.15, -0.1) is 0 Å². The predicted octanol–water partition coefficient (Wildman–Crippen LogP) is 2.16. The van der Waals surface area contributed by atoms with Crippen molar-refractivity contribution in [3.8, 4) is 0 Å². The minimum absolute atomic E-state index is 0.889. The van der Waals surface area contributed by atoms with Gasteiger partial charge in [0.25, 0.3) is 0 Å². The second kappa shape index (κ2) is 3.81. The van der Waals surface area contributed by atoms with E-state index in [0.717, 1.165) is 11.3 Å². The molecule has 1 aliphatic carbocycles. The summed E-state index contributed by atoms with van der Waals surface area (Å²) in [6, 6.07) is 0. The monoisotopic (exact) mass is 160 g/mol. The molecule has 0 heterocycles. The van der Waals surface area contributed by atoms with E-state index in [1.54, 1.807) is 7.05 Å². The molecule has 0 bridgehead atoms. The minimum atomic E-state index is 0.889. The molecule has 62 valence electrons. The Balaban J connectivity index is 2.92. The van der Waals surface area contributed by atoms with Crippen LogP contribution in [0.5, 0.6) is 0 Å². The van der Waals surface area contributed by atoms with Crippen molar-refractivity contribution in [1.29, 1.82) is 0 Å². The minimum Gasteiger partial charge on any atom is -0.277 e. The van der Waals surface area contributed by atoms with Crippen molar-refractivity contribution < 1.29 is 0 Å². The summed E-state index contributed by atoms with van der Waals surface area (Å²) in [5.41, 5.74) is 3.01. The van der Waals surface area contributed by atoms with E-state index in [-0.39, 0.29) is 0 Å². The highest BCUT2D eigenvalue weighted by molar-refractivity contribution is 6.14. The molecule has 0 radical (unpaired) electrons. The number of hydrogen-bond donors (Lipinski definition) is 0. The fraction of sp³-hybridized carbons (Fsp3) is 0.200. The topological polar surface area (TPSA) is 24.7 Å². The first-order chi connectivity index (χ1) is 5.74. The van der Waals surface area contributed by atoms with Crippen LogP contribution < -0.4 is 0 Å². The molecule has 0 atom stereocenters. The quantitative estimate of drug-likeness (QED) is 0.415. The van der Waals surface area contributed by atoms with E-state index in [9.17, 15) is 0 Å². The Labute approximate surface area is 72.7 Å². The second-order valence-corrected chi connectivity index (χ2v) is 2.63. The molecule has 0 N–H and O–H groups in total. The normalized spacial score (nSPS) is 20.7. The van der Waals surface area contributed by atoms with E-state index in [4.69, 9.17) is 0 Å². The van der Waals surface area contributed by atoms with Gasteiger partial charge in [-0.3, -0.25) is 4.99 Å². The first kappa shape index (κ1) is 8.65. The first-order valence-electron chi connectivity index (χ1n) is 3.78. The fourth-order valence-corrected chi connectivity index (χ4v) is 0.914. The Bertz CT molecular complexity index is 304. The standard InChI is InChI=1S/C10H12N2/c1-8-4-5-9(2)10(6-8)12-7-11-3/h4-7H,2H2,1,3H3/b11-7-,12-10-. The zero-order valence-electron chi connectivity index (χ0n) is 7.41. The highest BCUT2D eigenvalue weighted by atomic mass is 14.8. The zero-order chi connectivity index (χ0) is 8.97. The van der Waals surface area contributed by atoms with Gasteiger partial charge in [0, 0.05) is 7.05 Å². The summed E-state index contributed by atoms with van der Waals surface area (Å²) in [6.07, 6.45) is 7.50. The van der Waals surface area contributed by atoms with Gasteiger partial charge in [-0.25, -0.2) is 4.99 Å². The number of nitrogens with zero attached hydrogens (tertiary/aromatic N) is 2. The molecule has 0 fully saturated rings. The molecular weight excluding hydrogens is 148 g/mol. The van der Waals surface area contributed by atoms with Gasteiger partial charge in [-0.2, -0.15) is 0 Å². The van der Waals surface area contributed by atoms with Gasteiger partial charge in [-0.1, -0.05) is 18.7 Å². The Morgan fingerprint density at radius 3 is 2.83 bits per heavy atom. The van der Waals surface area contributed by atoms with Crippen molar-refractivity contribution in [2.75, 3.05) is 7.05 Å². The third kappa shape index (κ3) is 2.02. The molecule has 0 unspecified atom stereocenters. The second-order valence-electron chi connectivity index (χ2n) is 2.63. The molecule has 0 aliphatic heterocycles. The molecule has 0 spiro atoms. The van der Waals surface area contributed by atoms with Gasteiger partial charge in [0.05, 0.1) is 5.71 Å². The molecule has 0 aromatic rings. The molecule has 12 heavy (non-hydrogen) atoms. The van der Waals surface area contributed by atoms with Crippen LogP contribution in [0.25, 0.3) is 0 Å². The predicted molar refractivity (Wildman–Crippen MR) is 53.9 cm³/mol. The highest BCUT2D eigenvalue weighted by Crippen LogP contribution is 2.10. The summed E-state index contributed by atoms with van der Waals surface area (Å²) in [4.78, 5) is 7.91. The van der Waals surface area contributed by atoms with Gasteiger partial charge in [0.1, 0.15) is 6.34 Å². The van der Waals surface area contributed by atoms with Crippen LogP contribution in [0.4, 0.5) is 0 Å². The van der Waals surface area contributed by atoms with Crippen LogP contribution in [0.3, 0.4) is 0 Å². The SMILES string of the molecule is C=C1C=CC(C)=C/C1=N/C=N\C. The molecular formula is C10H12N2. The fourth-order valence-electron chi connectivity index (χ4n) is 0.914. The maximum atomic E-state index is 4.13. The van der Waals surface area contributed by atoms with E-state index in [0.29, 0.717) is 0 Å². The third-order valence-corrected chi connectivity index (χ3v) is 1.55. The Kier molecular flexibility index (Phi) is 2.75. The highest BCUT2D eigenvalue weighted by Gasteiger charge is 2.02. The number of rotatable bonds is 1. The van der Waals surface area contributed by atoms with Gasteiger partial charge in [0.15, 0.2) is 0 Å². The average molecular weight is 160 g/mol. The van der Waals surface area contributed by atoms with Crippen molar-refractivity contribution in [3.63, 3.8) is 0 Å². The molecule has 2 nitrogen and oxygen atoms in total. The van der Waals surface area contributed by atoms with Crippen molar-refractivity contribution in [3.05, 3.63) is 36.0 Å². The Morgan fingerprint density at radius 2 is 2.17 bits per heavy atom. The van der Waals surface area contributed by atoms with Crippen LogP contribution in [0.1, 0.15) is 6.92 Å². The van der Waals surface area contributed by atoms with Gasteiger partial charge in [0.2, 0.25) is 0 Å². The van der Waals surface area contributed by atoms with E-state index in [1.165, 1.54) is 11.9 Å². The van der Waals surface area contributed by atoms with Crippen LogP contribution in [0.15, 0.2) is 45.9 Å². The van der Waals surface area contributed by atoms with Gasteiger partial charge >= 0.3 is 0 Å². The lowest BCUT2D eigenvalue weighted by Gasteiger charge is -2.05. The van der Waals surface area contributed by atoms with Gasteiger partial charge < -0.3 is 0 Å². The zero-order valence-corrected chi connectivity index (χ0v) is 7.41. The summed E-state index contributed by atoms with van der Waals surface area (Å²) in [5.74, 6) is 0. The van der Waals surface area contributed by atoms with Crippen LogP contribution in [0.2, 0.25) is 0 Å². The lowest BCUT2D eigenvalue weighted by molar-refractivity contribution is 1.43. The molecule has 2 heteroatoms. The molecule has 1 rings (SSSR count). The first-order valence-corrected chi connectivity index (χ1v) is 3.78. The van der Waals surface area contributed by atoms with E-state index < -0.39 is 0 Å². The van der Waals surface area contributed by atoms with Crippen molar-refractivity contribution in [2.24, 2.45) is 9.98 Å². The van der Waals surface area contributed by atoms with E-state index >= 15 is 0 Å². The summed E-state index contributed by atoms with van der Waals surface area (Å²) in [6.45, 7) is 5.89. The smallest absolute Gasteiger partial charge is 0.110 e. The van der Waals surface area contributed by atoms with Crippen LogP contribution in [-0.4, -0.2) is 19.1 Å². The molecule has 0 aromatic carbocycles. The average Bonchev–Trinajstić information content (AvgIpc) is 2.07.